The van der Waals surface area contributed by atoms with Gasteiger partial charge in [0.05, 0.1) is 5.71 Å². The molecule has 11 heteroatoms. The lowest BCUT2D eigenvalue weighted by atomic mass is 10.1. The molecule has 0 aliphatic carbocycles. The number of benzene rings is 1. The van der Waals surface area contributed by atoms with Crippen molar-refractivity contribution in [1.82, 2.24) is 15.3 Å². The summed E-state index contributed by atoms with van der Waals surface area (Å²) < 4.78 is 19.8. The van der Waals surface area contributed by atoms with Crippen molar-refractivity contribution < 1.29 is 18.8 Å². The number of rotatable bonds is 6. The van der Waals surface area contributed by atoms with Gasteiger partial charge in [0.25, 0.3) is 0 Å². The number of nitrogens with zero attached hydrogens (tertiary/aromatic N) is 4. The third kappa shape index (κ3) is 6.13. The van der Waals surface area contributed by atoms with E-state index in [9.17, 15) is 9.18 Å². The van der Waals surface area contributed by atoms with Crippen molar-refractivity contribution in [2.24, 2.45) is 10.9 Å². The number of nitrogens with one attached hydrogen (secondary N) is 2. The molecule has 2 heterocycles. The first-order chi connectivity index (χ1) is 15.3. The molecule has 32 heavy (non-hydrogen) atoms. The van der Waals surface area contributed by atoms with Gasteiger partial charge in [-0.15, -0.1) is 0 Å². The van der Waals surface area contributed by atoms with Gasteiger partial charge in [0, 0.05) is 55.0 Å². The molecular formula is C21H26FN7O3. The molecule has 0 radical (unpaired) electrons. The molecule has 0 unspecified atom stereocenters. The maximum absolute atomic E-state index is 14.9. The Balaban J connectivity index is 1.64. The summed E-state index contributed by atoms with van der Waals surface area (Å²) >= 11 is 0. The monoisotopic (exact) mass is 443 g/mol. The number of oxime groups is 1. The molecule has 1 aliphatic rings. The topological polar surface area (TPSA) is 139 Å². The fraction of sp³-hybridized carbons (Fsp3) is 0.381. The molecule has 0 saturated carbocycles. The number of anilines is 1. The van der Waals surface area contributed by atoms with Crippen LogP contribution in [-0.2, 0) is 16.2 Å². The van der Waals surface area contributed by atoms with Crippen LogP contribution in [0.2, 0.25) is 0 Å². The van der Waals surface area contributed by atoms with Crippen LogP contribution in [0.25, 0.3) is 11.1 Å². The maximum atomic E-state index is 14.9. The maximum Gasteiger partial charge on any atom is 0.414 e. The summed E-state index contributed by atoms with van der Waals surface area (Å²) in [5.74, 6) is -0.524. The quantitative estimate of drug-likeness (QED) is 0.354. The first-order valence-corrected chi connectivity index (χ1v) is 10.2. The SMILES string of the molecule is CC(C)ON=C1CCN(c2ncc(-c3cccc(COC(=O)NC(=N)N)c3F)cn2)CC1. The van der Waals surface area contributed by atoms with Crippen molar-refractivity contribution in [3.8, 4) is 11.1 Å². The highest BCUT2D eigenvalue weighted by Gasteiger charge is 2.19. The second kappa shape index (κ2) is 10.5. The number of guanidine groups is 1. The van der Waals surface area contributed by atoms with Crippen LogP contribution in [0.4, 0.5) is 15.1 Å². The van der Waals surface area contributed by atoms with E-state index in [1.807, 2.05) is 24.1 Å². The predicted octanol–water partition coefficient (Wildman–Crippen LogP) is 2.78. The second-order valence-electron chi connectivity index (χ2n) is 7.46. The smallest absolute Gasteiger partial charge is 0.414 e. The average molecular weight is 443 g/mol. The average Bonchev–Trinajstić information content (AvgIpc) is 2.77. The van der Waals surface area contributed by atoms with Crippen LogP contribution in [0.15, 0.2) is 35.7 Å². The molecule has 1 aromatic heterocycles. The van der Waals surface area contributed by atoms with Crippen molar-refractivity contribution in [2.75, 3.05) is 18.0 Å². The van der Waals surface area contributed by atoms with Crippen LogP contribution in [0.5, 0.6) is 0 Å². The Morgan fingerprint density at radius 2 is 2.00 bits per heavy atom. The fourth-order valence-electron chi connectivity index (χ4n) is 3.06. The Morgan fingerprint density at radius 3 is 2.62 bits per heavy atom. The number of hydrogen-bond acceptors (Lipinski definition) is 8. The number of ether oxygens (including phenoxy) is 1. The highest BCUT2D eigenvalue weighted by atomic mass is 19.1. The lowest BCUT2D eigenvalue weighted by Crippen LogP contribution is -2.36. The van der Waals surface area contributed by atoms with Gasteiger partial charge in [-0.2, -0.15) is 0 Å². The van der Waals surface area contributed by atoms with Gasteiger partial charge < -0.3 is 20.2 Å². The van der Waals surface area contributed by atoms with E-state index in [1.54, 1.807) is 24.5 Å². The van der Waals surface area contributed by atoms with Crippen molar-refractivity contribution in [3.63, 3.8) is 0 Å². The third-order valence-corrected chi connectivity index (χ3v) is 4.64. The summed E-state index contributed by atoms with van der Waals surface area (Å²) in [5, 5.41) is 13.1. The van der Waals surface area contributed by atoms with Crippen LogP contribution in [0.3, 0.4) is 0 Å². The molecule has 1 aliphatic heterocycles. The minimum Gasteiger partial charge on any atom is -0.444 e. The Morgan fingerprint density at radius 1 is 1.31 bits per heavy atom. The fourth-order valence-corrected chi connectivity index (χ4v) is 3.06. The standard InChI is InChI=1S/C21H26FN7O3/c1-13(2)32-28-16-6-8-29(9-7-16)20-25-10-15(11-26-20)17-5-3-4-14(18(17)22)12-31-21(30)27-19(23)24/h3-5,10-11,13H,6-9,12H2,1-2H3,(H4,23,24,27,30). The summed E-state index contributed by atoms with van der Waals surface area (Å²) in [6.45, 7) is 5.01. The normalized spacial score (nSPS) is 13.6. The van der Waals surface area contributed by atoms with Crippen LogP contribution in [0, 0.1) is 11.2 Å². The number of nitrogens with two attached hydrogens (primary N) is 1. The molecule has 10 nitrogen and oxygen atoms in total. The molecule has 0 atom stereocenters. The van der Waals surface area contributed by atoms with E-state index in [1.165, 1.54) is 6.07 Å². The number of halogens is 1. The number of carbonyl (C=O) groups excluding carboxylic acids is 1. The summed E-state index contributed by atoms with van der Waals surface area (Å²) in [7, 11) is 0. The Labute approximate surface area is 185 Å². The summed E-state index contributed by atoms with van der Waals surface area (Å²) in [6, 6.07) is 4.76. The van der Waals surface area contributed by atoms with Gasteiger partial charge in [-0.25, -0.2) is 19.2 Å². The number of hydrogen-bond donors (Lipinski definition) is 3. The van der Waals surface area contributed by atoms with Gasteiger partial charge >= 0.3 is 6.09 Å². The van der Waals surface area contributed by atoms with Crippen molar-refractivity contribution in [3.05, 3.63) is 42.0 Å². The molecule has 1 aromatic carbocycles. The molecule has 1 saturated heterocycles. The zero-order valence-electron chi connectivity index (χ0n) is 18.0. The highest BCUT2D eigenvalue weighted by molar-refractivity contribution is 5.90. The van der Waals surface area contributed by atoms with Crippen LogP contribution in [0.1, 0.15) is 32.3 Å². The molecule has 3 rings (SSSR count). The van der Waals surface area contributed by atoms with Crippen LogP contribution < -0.4 is 16.0 Å². The number of carbonyl (C=O) groups is 1. The van der Waals surface area contributed by atoms with E-state index < -0.39 is 17.9 Å². The van der Waals surface area contributed by atoms with E-state index in [-0.39, 0.29) is 18.3 Å². The number of piperidine rings is 1. The summed E-state index contributed by atoms with van der Waals surface area (Å²) in [4.78, 5) is 27.6. The first kappa shape index (κ1) is 22.9. The Hall–Kier alpha value is -3.76. The van der Waals surface area contributed by atoms with E-state index in [2.05, 4.69) is 15.1 Å². The zero-order chi connectivity index (χ0) is 23.1. The van der Waals surface area contributed by atoms with Crippen molar-refractivity contribution in [2.45, 2.75) is 39.4 Å². The van der Waals surface area contributed by atoms with Gasteiger partial charge in [-0.3, -0.25) is 10.7 Å². The van der Waals surface area contributed by atoms with Gasteiger partial charge in [0.15, 0.2) is 5.96 Å². The largest absolute Gasteiger partial charge is 0.444 e. The van der Waals surface area contributed by atoms with E-state index in [4.69, 9.17) is 20.7 Å². The molecule has 2 aromatic rings. The second-order valence-corrected chi connectivity index (χ2v) is 7.46. The lowest BCUT2D eigenvalue weighted by Gasteiger charge is -2.27. The summed E-state index contributed by atoms with van der Waals surface area (Å²) in [6.07, 6.45) is 3.80. The van der Waals surface area contributed by atoms with Crippen molar-refractivity contribution in [1.29, 1.82) is 5.41 Å². The number of alkyl carbamates (subject to hydrolysis) is 1. The zero-order valence-corrected chi connectivity index (χ0v) is 18.0. The van der Waals surface area contributed by atoms with Gasteiger partial charge in [-0.1, -0.05) is 23.4 Å². The van der Waals surface area contributed by atoms with Crippen LogP contribution in [-0.4, -0.2) is 46.9 Å². The van der Waals surface area contributed by atoms with Crippen molar-refractivity contribution >= 4 is 23.7 Å². The first-order valence-electron chi connectivity index (χ1n) is 10.2. The molecule has 0 spiro atoms. The van der Waals surface area contributed by atoms with E-state index in [0.29, 0.717) is 17.1 Å². The molecule has 0 bridgehead atoms. The number of amides is 1. The van der Waals surface area contributed by atoms with Crippen LogP contribution >= 0.6 is 0 Å². The third-order valence-electron chi connectivity index (χ3n) is 4.64. The highest BCUT2D eigenvalue weighted by Crippen LogP contribution is 2.25. The van der Waals surface area contributed by atoms with Gasteiger partial charge in [0.1, 0.15) is 18.5 Å². The van der Waals surface area contributed by atoms with E-state index in [0.717, 1.165) is 31.6 Å². The molecule has 4 N–H and O–H groups in total. The predicted molar refractivity (Wildman–Crippen MR) is 118 cm³/mol. The minimum atomic E-state index is -0.930. The van der Waals surface area contributed by atoms with Gasteiger partial charge in [0.2, 0.25) is 5.95 Å². The Bertz CT molecular complexity index is 985. The van der Waals surface area contributed by atoms with Gasteiger partial charge in [-0.05, 0) is 13.8 Å². The molecule has 170 valence electrons. The van der Waals surface area contributed by atoms with E-state index >= 15 is 0 Å². The lowest BCUT2D eigenvalue weighted by molar-refractivity contribution is 0.0848. The minimum absolute atomic E-state index is 0.0552. The summed E-state index contributed by atoms with van der Waals surface area (Å²) in [5.41, 5.74) is 7.05. The number of aromatic nitrogens is 2. The molecule has 1 fully saturated rings. The Kier molecular flexibility index (Phi) is 7.53. The molecule has 1 amide bonds. The molecular weight excluding hydrogens is 417 g/mol.